The predicted molar refractivity (Wildman–Crippen MR) is 96.6 cm³/mol. The van der Waals surface area contributed by atoms with E-state index in [2.05, 4.69) is 15.2 Å². The molecule has 6 heteroatoms. The highest BCUT2D eigenvalue weighted by atomic mass is 32.2. The van der Waals surface area contributed by atoms with Crippen molar-refractivity contribution in [3.8, 4) is 0 Å². The Morgan fingerprint density at radius 2 is 1.78 bits per heavy atom. The quantitative estimate of drug-likeness (QED) is 0.484. The lowest BCUT2D eigenvalue weighted by molar-refractivity contribution is 0.115. The summed E-state index contributed by atoms with van der Waals surface area (Å²) in [5.41, 5.74) is 0.485. The highest BCUT2D eigenvalue weighted by Gasteiger charge is 2.36. The minimum atomic E-state index is -2.87. The molecular weight excluding hydrogens is 310 g/mol. The Balaban J connectivity index is 1.87. The van der Waals surface area contributed by atoms with Crippen LogP contribution in [0.15, 0.2) is 4.99 Å². The van der Waals surface area contributed by atoms with E-state index < -0.39 is 9.84 Å². The van der Waals surface area contributed by atoms with Gasteiger partial charge in [-0.25, -0.2) is 8.42 Å². The molecule has 0 bridgehead atoms. The van der Waals surface area contributed by atoms with Gasteiger partial charge in [-0.15, -0.1) is 0 Å². The van der Waals surface area contributed by atoms with E-state index in [4.69, 9.17) is 0 Å². The van der Waals surface area contributed by atoms with Gasteiger partial charge in [-0.05, 0) is 37.5 Å². The lowest BCUT2D eigenvalue weighted by Crippen LogP contribution is -2.50. The first kappa shape index (κ1) is 18.6. The normalized spacial score (nSPS) is 22.9. The van der Waals surface area contributed by atoms with Crippen LogP contribution < -0.4 is 5.32 Å². The van der Waals surface area contributed by atoms with Crippen LogP contribution in [-0.2, 0) is 9.84 Å². The van der Waals surface area contributed by atoms with Gasteiger partial charge in [0.2, 0.25) is 0 Å². The van der Waals surface area contributed by atoms with Crippen LogP contribution in [0, 0.1) is 5.41 Å². The lowest BCUT2D eigenvalue weighted by Gasteiger charge is -2.44. The van der Waals surface area contributed by atoms with Gasteiger partial charge in [-0.3, -0.25) is 4.99 Å². The van der Waals surface area contributed by atoms with E-state index in [-0.39, 0.29) is 5.75 Å². The zero-order valence-electron chi connectivity index (χ0n) is 14.8. The third-order valence-electron chi connectivity index (χ3n) is 5.31. The second-order valence-corrected chi connectivity index (χ2v) is 9.66. The van der Waals surface area contributed by atoms with Crippen LogP contribution in [0.4, 0.5) is 0 Å². The smallest absolute Gasteiger partial charge is 0.193 e. The Hall–Kier alpha value is -0.780. The maximum atomic E-state index is 11.2. The summed E-state index contributed by atoms with van der Waals surface area (Å²) in [5, 5.41) is 3.36. The molecule has 0 aromatic carbocycles. The van der Waals surface area contributed by atoms with Gasteiger partial charge < -0.3 is 10.2 Å². The molecule has 1 spiro atoms. The van der Waals surface area contributed by atoms with Crippen LogP contribution in [0.5, 0.6) is 0 Å². The molecule has 0 aromatic rings. The van der Waals surface area contributed by atoms with Crippen LogP contribution in [0.2, 0.25) is 0 Å². The molecule has 0 amide bonds. The first-order valence-corrected chi connectivity index (χ1v) is 11.1. The molecule has 1 aliphatic heterocycles. The summed E-state index contributed by atoms with van der Waals surface area (Å²) in [6.07, 6.45) is 12.8. The molecule has 1 saturated heterocycles. The summed E-state index contributed by atoms with van der Waals surface area (Å²) in [5.74, 6) is 1.18. The molecular formula is C17H33N3O2S. The Bertz CT molecular complexity index is 494. The molecule has 1 heterocycles. The van der Waals surface area contributed by atoms with Crippen molar-refractivity contribution in [2.45, 2.75) is 57.8 Å². The topological polar surface area (TPSA) is 61.8 Å². The van der Waals surface area contributed by atoms with Gasteiger partial charge >= 0.3 is 0 Å². The Kier molecular flexibility index (Phi) is 6.74. The van der Waals surface area contributed by atoms with Gasteiger partial charge in [-0.2, -0.15) is 0 Å². The highest BCUT2D eigenvalue weighted by molar-refractivity contribution is 7.90. The molecule has 134 valence electrons. The minimum Gasteiger partial charge on any atom is -0.356 e. The predicted octanol–water partition coefficient (Wildman–Crippen LogP) is 2.43. The van der Waals surface area contributed by atoms with E-state index in [0.717, 1.165) is 19.0 Å². The van der Waals surface area contributed by atoms with E-state index in [0.29, 0.717) is 18.4 Å². The average molecular weight is 344 g/mol. The number of rotatable bonds is 4. The van der Waals surface area contributed by atoms with Crippen molar-refractivity contribution in [1.29, 1.82) is 0 Å². The molecule has 0 aromatic heterocycles. The van der Waals surface area contributed by atoms with Gasteiger partial charge in [0.1, 0.15) is 9.84 Å². The van der Waals surface area contributed by atoms with E-state index in [9.17, 15) is 8.42 Å². The van der Waals surface area contributed by atoms with Gasteiger partial charge in [0, 0.05) is 32.9 Å². The molecule has 2 aliphatic rings. The minimum absolute atomic E-state index is 0.237. The SMILES string of the molecule is CN=C(NCCCS(C)(=O)=O)N1CCCC2(CCCCCC2)C1. The summed E-state index contributed by atoms with van der Waals surface area (Å²) < 4.78 is 22.4. The van der Waals surface area contributed by atoms with Crippen molar-refractivity contribution in [3.63, 3.8) is 0 Å². The number of aliphatic imine (C=N–C) groups is 1. The first-order valence-electron chi connectivity index (χ1n) is 9.07. The number of nitrogens with one attached hydrogen (secondary N) is 1. The van der Waals surface area contributed by atoms with E-state index in [1.54, 1.807) is 0 Å². The zero-order chi connectivity index (χ0) is 16.8. The Morgan fingerprint density at radius 3 is 2.39 bits per heavy atom. The van der Waals surface area contributed by atoms with Gasteiger partial charge in [0.05, 0.1) is 5.75 Å². The highest BCUT2D eigenvalue weighted by Crippen LogP contribution is 2.42. The van der Waals surface area contributed by atoms with Crippen LogP contribution in [0.1, 0.15) is 57.8 Å². The fourth-order valence-electron chi connectivity index (χ4n) is 4.14. The molecule has 2 rings (SSSR count). The summed E-state index contributed by atoms with van der Waals surface area (Å²) in [6.45, 7) is 2.84. The van der Waals surface area contributed by atoms with Crippen molar-refractivity contribution in [1.82, 2.24) is 10.2 Å². The number of nitrogens with zero attached hydrogens (tertiary/aromatic N) is 2. The monoisotopic (exact) mass is 343 g/mol. The van der Waals surface area contributed by atoms with Crippen molar-refractivity contribution >= 4 is 15.8 Å². The molecule has 0 radical (unpaired) electrons. The van der Waals surface area contributed by atoms with Crippen LogP contribution in [0.3, 0.4) is 0 Å². The van der Waals surface area contributed by atoms with Crippen molar-refractivity contribution < 1.29 is 8.42 Å². The van der Waals surface area contributed by atoms with Crippen molar-refractivity contribution in [2.24, 2.45) is 10.4 Å². The third-order valence-corrected chi connectivity index (χ3v) is 6.34. The summed E-state index contributed by atoms with van der Waals surface area (Å²) in [6, 6.07) is 0. The third kappa shape index (κ3) is 5.98. The fraction of sp³-hybridized carbons (Fsp3) is 0.941. The molecule has 1 N–H and O–H groups in total. The summed E-state index contributed by atoms with van der Waals surface area (Å²) in [7, 11) is -1.05. The van der Waals surface area contributed by atoms with E-state index in [1.807, 2.05) is 7.05 Å². The molecule has 2 fully saturated rings. The molecule has 1 saturated carbocycles. The second kappa shape index (κ2) is 8.36. The second-order valence-electron chi connectivity index (χ2n) is 7.40. The van der Waals surface area contributed by atoms with Crippen LogP contribution in [0.25, 0.3) is 0 Å². The van der Waals surface area contributed by atoms with Gasteiger partial charge in [0.25, 0.3) is 0 Å². The Morgan fingerprint density at radius 1 is 1.13 bits per heavy atom. The first-order chi connectivity index (χ1) is 10.9. The number of hydrogen-bond acceptors (Lipinski definition) is 3. The Labute approximate surface area is 141 Å². The number of hydrogen-bond donors (Lipinski definition) is 1. The van der Waals surface area contributed by atoms with E-state index in [1.165, 1.54) is 57.6 Å². The molecule has 0 atom stereocenters. The fourth-order valence-corrected chi connectivity index (χ4v) is 4.81. The molecule has 1 aliphatic carbocycles. The van der Waals surface area contributed by atoms with Crippen LogP contribution >= 0.6 is 0 Å². The lowest BCUT2D eigenvalue weighted by atomic mass is 9.74. The number of sulfone groups is 1. The summed E-state index contributed by atoms with van der Waals surface area (Å²) in [4.78, 5) is 6.83. The number of likely N-dealkylation sites (tertiary alicyclic amines) is 1. The molecule has 23 heavy (non-hydrogen) atoms. The number of guanidine groups is 1. The molecule has 0 unspecified atom stereocenters. The number of piperidine rings is 1. The van der Waals surface area contributed by atoms with Crippen molar-refractivity contribution in [2.75, 3.05) is 38.7 Å². The zero-order valence-corrected chi connectivity index (χ0v) is 15.6. The largest absolute Gasteiger partial charge is 0.356 e. The van der Waals surface area contributed by atoms with Crippen molar-refractivity contribution in [3.05, 3.63) is 0 Å². The van der Waals surface area contributed by atoms with E-state index >= 15 is 0 Å². The standard InChI is InChI=1S/C17H33N3O2S/c1-18-16(19-12-8-14-23(2,21)22)20-13-7-11-17(15-20)9-5-3-4-6-10-17/h3-15H2,1-2H3,(H,18,19). The maximum Gasteiger partial charge on any atom is 0.193 e. The summed E-state index contributed by atoms with van der Waals surface area (Å²) >= 11 is 0. The molecule has 5 nitrogen and oxygen atoms in total. The van der Waals surface area contributed by atoms with Crippen LogP contribution in [-0.4, -0.2) is 58.0 Å². The average Bonchev–Trinajstić information content (AvgIpc) is 2.72. The van der Waals surface area contributed by atoms with Gasteiger partial charge in [-0.1, -0.05) is 25.7 Å². The maximum absolute atomic E-state index is 11.2. The van der Waals surface area contributed by atoms with Gasteiger partial charge in [0.15, 0.2) is 5.96 Å².